The van der Waals surface area contributed by atoms with E-state index in [-0.39, 0.29) is 18.4 Å². The van der Waals surface area contributed by atoms with E-state index < -0.39 is 0 Å². The van der Waals surface area contributed by atoms with Crippen LogP contribution in [0.4, 0.5) is 5.69 Å². The number of anilines is 1. The van der Waals surface area contributed by atoms with E-state index in [9.17, 15) is 9.59 Å². The lowest BCUT2D eigenvalue weighted by Crippen LogP contribution is -2.34. The van der Waals surface area contributed by atoms with Crippen molar-refractivity contribution in [2.24, 2.45) is 0 Å². The number of para-hydroxylation sites is 1. The van der Waals surface area contributed by atoms with E-state index >= 15 is 0 Å². The Balaban J connectivity index is 2.33. The molecule has 1 aromatic carbocycles. The molecule has 0 aliphatic rings. The monoisotopic (exact) mass is 282 g/mol. The molecular formula is C14H19ClN2O2. The average molecular weight is 283 g/mol. The van der Waals surface area contributed by atoms with Crippen molar-refractivity contribution in [1.29, 1.82) is 0 Å². The molecule has 0 aliphatic heterocycles. The van der Waals surface area contributed by atoms with E-state index in [0.29, 0.717) is 12.3 Å². The van der Waals surface area contributed by atoms with Crippen LogP contribution < -0.4 is 5.32 Å². The molecule has 2 amide bonds. The highest BCUT2D eigenvalue weighted by molar-refractivity contribution is 6.17. The number of carbonyl (C=O) groups excluding carboxylic acids is 2. The summed E-state index contributed by atoms with van der Waals surface area (Å²) in [6.07, 6.45) is 2.01. The summed E-state index contributed by atoms with van der Waals surface area (Å²) in [6.45, 7) is 0.0641. The maximum atomic E-state index is 11.7. The van der Waals surface area contributed by atoms with E-state index in [4.69, 9.17) is 11.6 Å². The van der Waals surface area contributed by atoms with Crippen LogP contribution in [0.15, 0.2) is 30.3 Å². The maximum absolute atomic E-state index is 11.7. The third-order valence-corrected chi connectivity index (χ3v) is 2.91. The number of unbranched alkanes of at least 4 members (excludes halogenated alkanes) is 1. The van der Waals surface area contributed by atoms with Gasteiger partial charge in [0.05, 0.1) is 6.54 Å². The predicted molar refractivity (Wildman–Crippen MR) is 77.3 cm³/mol. The van der Waals surface area contributed by atoms with Crippen LogP contribution in [0, 0.1) is 0 Å². The highest BCUT2D eigenvalue weighted by Gasteiger charge is 2.12. The molecular weight excluding hydrogens is 264 g/mol. The summed E-state index contributed by atoms with van der Waals surface area (Å²) in [6, 6.07) is 9.18. The van der Waals surface area contributed by atoms with Crippen LogP contribution in [0.25, 0.3) is 0 Å². The van der Waals surface area contributed by atoms with Gasteiger partial charge in [0.15, 0.2) is 0 Å². The van der Waals surface area contributed by atoms with Gasteiger partial charge in [-0.2, -0.15) is 0 Å². The molecule has 0 aliphatic carbocycles. The third kappa shape index (κ3) is 6.25. The Morgan fingerprint density at radius 3 is 2.53 bits per heavy atom. The zero-order valence-corrected chi connectivity index (χ0v) is 11.8. The lowest BCUT2D eigenvalue weighted by Gasteiger charge is -2.16. The van der Waals surface area contributed by atoms with Gasteiger partial charge in [-0.05, 0) is 25.0 Å². The molecule has 4 nitrogen and oxygen atoms in total. The van der Waals surface area contributed by atoms with Crippen molar-refractivity contribution in [3.8, 4) is 0 Å². The first-order valence-electron chi connectivity index (χ1n) is 6.28. The standard InChI is InChI=1S/C14H19ClN2O2/c1-17(14(19)9-5-6-10-15)11-13(18)16-12-7-3-2-4-8-12/h2-4,7-8H,5-6,9-11H2,1H3,(H,16,18). The van der Waals surface area contributed by atoms with Crippen LogP contribution >= 0.6 is 11.6 Å². The van der Waals surface area contributed by atoms with Gasteiger partial charge in [-0.15, -0.1) is 11.6 Å². The second-order valence-electron chi connectivity index (χ2n) is 4.31. The minimum absolute atomic E-state index is 0.0340. The quantitative estimate of drug-likeness (QED) is 0.617. The highest BCUT2D eigenvalue weighted by atomic mass is 35.5. The number of rotatable bonds is 7. The molecule has 0 saturated heterocycles. The number of benzene rings is 1. The average Bonchev–Trinajstić information content (AvgIpc) is 2.39. The van der Waals surface area contributed by atoms with Gasteiger partial charge in [-0.1, -0.05) is 18.2 Å². The number of amides is 2. The van der Waals surface area contributed by atoms with Gasteiger partial charge < -0.3 is 10.2 Å². The first-order valence-corrected chi connectivity index (χ1v) is 6.81. The number of hydrogen-bond donors (Lipinski definition) is 1. The Hall–Kier alpha value is -1.55. The molecule has 5 heteroatoms. The molecule has 1 rings (SSSR count). The molecule has 0 atom stereocenters. The van der Waals surface area contributed by atoms with Crippen LogP contribution in [0.1, 0.15) is 19.3 Å². The van der Waals surface area contributed by atoms with Crippen LogP contribution in [-0.2, 0) is 9.59 Å². The second kappa shape index (κ2) is 8.53. The number of hydrogen-bond acceptors (Lipinski definition) is 2. The molecule has 0 spiro atoms. The van der Waals surface area contributed by atoms with Crippen LogP contribution in [0.5, 0.6) is 0 Å². The number of likely N-dealkylation sites (N-methyl/N-ethyl adjacent to an activating group) is 1. The Morgan fingerprint density at radius 1 is 1.21 bits per heavy atom. The molecule has 0 bridgehead atoms. The Labute approximate surface area is 118 Å². The van der Waals surface area contributed by atoms with E-state index in [2.05, 4.69) is 5.32 Å². The number of nitrogens with one attached hydrogen (secondary N) is 1. The van der Waals surface area contributed by atoms with Gasteiger partial charge >= 0.3 is 0 Å². The molecule has 19 heavy (non-hydrogen) atoms. The van der Waals surface area contributed by atoms with Gasteiger partial charge in [0.1, 0.15) is 0 Å². The minimum atomic E-state index is -0.195. The van der Waals surface area contributed by atoms with Gasteiger partial charge in [0.25, 0.3) is 0 Å². The molecule has 1 N–H and O–H groups in total. The summed E-state index contributed by atoms with van der Waals surface area (Å²) in [5.74, 6) is 0.332. The molecule has 0 radical (unpaired) electrons. The topological polar surface area (TPSA) is 49.4 Å². The number of nitrogens with zero attached hydrogens (tertiary/aromatic N) is 1. The molecule has 0 saturated carbocycles. The van der Waals surface area contributed by atoms with Gasteiger partial charge in [-0.25, -0.2) is 0 Å². The molecule has 1 aromatic rings. The van der Waals surface area contributed by atoms with E-state index in [1.165, 1.54) is 4.90 Å². The first-order chi connectivity index (χ1) is 9.13. The van der Waals surface area contributed by atoms with Crippen LogP contribution in [-0.4, -0.2) is 36.2 Å². The fourth-order valence-electron chi connectivity index (χ4n) is 1.59. The SMILES string of the molecule is CN(CC(=O)Nc1ccccc1)C(=O)CCCCCl. The normalized spacial score (nSPS) is 10.0. The number of carbonyl (C=O) groups is 2. The number of alkyl halides is 1. The summed E-state index contributed by atoms with van der Waals surface area (Å²) in [7, 11) is 1.63. The van der Waals surface area contributed by atoms with E-state index in [1.807, 2.05) is 18.2 Å². The molecule has 0 fully saturated rings. The van der Waals surface area contributed by atoms with Crippen molar-refractivity contribution in [2.45, 2.75) is 19.3 Å². The fourth-order valence-corrected chi connectivity index (χ4v) is 1.78. The Morgan fingerprint density at radius 2 is 1.89 bits per heavy atom. The van der Waals surface area contributed by atoms with Crippen molar-refractivity contribution >= 4 is 29.1 Å². The van der Waals surface area contributed by atoms with Crippen molar-refractivity contribution in [3.63, 3.8) is 0 Å². The summed E-state index contributed by atoms with van der Waals surface area (Å²) in [4.78, 5) is 24.9. The molecule has 104 valence electrons. The van der Waals surface area contributed by atoms with Gasteiger partial charge in [0, 0.05) is 25.0 Å². The summed E-state index contributed by atoms with van der Waals surface area (Å²) >= 11 is 5.55. The largest absolute Gasteiger partial charge is 0.336 e. The molecule has 0 heterocycles. The number of halogens is 1. The van der Waals surface area contributed by atoms with Crippen LogP contribution in [0.3, 0.4) is 0 Å². The third-order valence-electron chi connectivity index (χ3n) is 2.64. The molecule has 0 aromatic heterocycles. The fraction of sp³-hybridized carbons (Fsp3) is 0.429. The van der Waals surface area contributed by atoms with Crippen molar-refractivity contribution in [2.75, 3.05) is 24.8 Å². The van der Waals surface area contributed by atoms with Crippen molar-refractivity contribution in [3.05, 3.63) is 30.3 Å². The lowest BCUT2D eigenvalue weighted by molar-refractivity contribution is -0.133. The summed E-state index contributed by atoms with van der Waals surface area (Å²) in [5, 5.41) is 2.74. The van der Waals surface area contributed by atoms with Gasteiger partial charge in [-0.3, -0.25) is 9.59 Å². The highest BCUT2D eigenvalue weighted by Crippen LogP contribution is 2.05. The first kappa shape index (κ1) is 15.5. The zero-order chi connectivity index (χ0) is 14.1. The van der Waals surface area contributed by atoms with E-state index in [1.54, 1.807) is 19.2 Å². The smallest absolute Gasteiger partial charge is 0.243 e. The Kier molecular flexibility index (Phi) is 6.97. The molecule has 0 unspecified atom stereocenters. The summed E-state index contributed by atoms with van der Waals surface area (Å²) in [5.41, 5.74) is 0.732. The lowest BCUT2D eigenvalue weighted by atomic mass is 10.2. The van der Waals surface area contributed by atoms with Crippen LogP contribution in [0.2, 0.25) is 0 Å². The van der Waals surface area contributed by atoms with Gasteiger partial charge in [0.2, 0.25) is 11.8 Å². The minimum Gasteiger partial charge on any atom is -0.336 e. The summed E-state index contributed by atoms with van der Waals surface area (Å²) < 4.78 is 0. The zero-order valence-electron chi connectivity index (χ0n) is 11.1. The Bertz CT molecular complexity index is 409. The predicted octanol–water partition coefficient (Wildman–Crippen LogP) is 2.49. The second-order valence-corrected chi connectivity index (χ2v) is 4.69. The van der Waals surface area contributed by atoms with E-state index in [0.717, 1.165) is 18.5 Å². The van der Waals surface area contributed by atoms with Crippen molar-refractivity contribution in [1.82, 2.24) is 4.90 Å². The maximum Gasteiger partial charge on any atom is 0.243 e. The van der Waals surface area contributed by atoms with Crippen molar-refractivity contribution < 1.29 is 9.59 Å².